The second kappa shape index (κ2) is 11.9. The molecule has 2 aromatic rings. The van der Waals surface area contributed by atoms with E-state index < -0.39 is 0 Å². The van der Waals surface area contributed by atoms with Crippen LogP contribution in [0.2, 0.25) is 0 Å². The van der Waals surface area contributed by atoms with Crippen LogP contribution in [-0.2, 0) is 14.3 Å². The summed E-state index contributed by atoms with van der Waals surface area (Å²) in [7, 11) is 1.64. The third kappa shape index (κ3) is 7.00. The Morgan fingerprint density at radius 3 is 2.66 bits per heavy atom. The van der Waals surface area contributed by atoms with Crippen LogP contribution >= 0.6 is 11.8 Å². The van der Waals surface area contributed by atoms with Crippen molar-refractivity contribution < 1.29 is 19.1 Å². The van der Waals surface area contributed by atoms with Crippen LogP contribution in [0, 0.1) is 13.8 Å². The van der Waals surface area contributed by atoms with Crippen molar-refractivity contribution >= 4 is 29.3 Å². The average molecular weight is 457 g/mol. The SMILES string of the molecule is COc1ccc(SCCC(=O)N(CC(=O)Nc2cccc(C)c2C)CC2CCCO2)cc1. The van der Waals surface area contributed by atoms with Crippen molar-refractivity contribution in [3.05, 3.63) is 53.6 Å². The van der Waals surface area contributed by atoms with E-state index in [0.717, 1.165) is 40.3 Å². The maximum absolute atomic E-state index is 13.0. The molecule has 0 radical (unpaired) electrons. The number of carbonyl (C=O) groups is 2. The largest absolute Gasteiger partial charge is 0.497 e. The number of benzene rings is 2. The van der Waals surface area contributed by atoms with Gasteiger partial charge in [-0.3, -0.25) is 9.59 Å². The standard InChI is InChI=1S/C25H32N2O4S/c1-18-6-4-8-23(19(18)2)26-24(28)17-27(16-21-7-5-14-31-21)25(29)13-15-32-22-11-9-20(30-3)10-12-22/h4,6,8-12,21H,5,7,13-17H2,1-3H3,(H,26,28). The lowest BCUT2D eigenvalue weighted by Gasteiger charge is -2.25. The Morgan fingerprint density at radius 1 is 1.19 bits per heavy atom. The van der Waals surface area contributed by atoms with Gasteiger partial charge in [-0.2, -0.15) is 0 Å². The third-order valence-electron chi connectivity index (χ3n) is 5.66. The molecule has 0 aliphatic carbocycles. The minimum atomic E-state index is -0.187. The number of nitrogens with zero attached hydrogens (tertiary/aromatic N) is 1. The van der Waals surface area contributed by atoms with Crippen LogP contribution in [0.15, 0.2) is 47.4 Å². The Labute approximate surface area is 194 Å². The highest BCUT2D eigenvalue weighted by atomic mass is 32.2. The van der Waals surface area contributed by atoms with Gasteiger partial charge in [-0.1, -0.05) is 12.1 Å². The first-order chi connectivity index (χ1) is 15.5. The summed E-state index contributed by atoms with van der Waals surface area (Å²) >= 11 is 1.62. The maximum atomic E-state index is 13.0. The molecule has 1 aliphatic heterocycles. The van der Waals surface area contributed by atoms with Gasteiger partial charge in [-0.05, 0) is 68.1 Å². The number of anilines is 1. The van der Waals surface area contributed by atoms with E-state index in [1.54, 1.807) is 23.8 Å². The Bertz CT molecular complexity index is 911. The summed E-state index contributed by atoms with van der Waals surface area (Å²) in [5, 5.41) is 2.96. The molecule has 1 unspecified atom stereocenters. The van der Waals surface area contributed by atoms with E-state index in [9.17, 15) is 9.59 Å². The lowest BCUT2D eigenvalue weighted by molar-refractivity contribution is -0.135. The summed E-state index contributed by atoms with van der Waals surface area (Å²) in [6.45, 7) is 5.19. The van der Waals surface area contributed by atoms with E-state index >= 15 is 0 Å². The zero-order valence-electron chi connectivity index (χ0n) is 19.1. The fourth-order valence-corrected chi connectivity index (χ4v) is 4.47. The zero-order valence-corrected chi connectivity index (χ0v) is 19.9. The van der Waals surface area contributed by atoms with Crippen molar-refractivity contribution in [2.24, 2.45) is 0 Å². The number of carbonyl (C=O) groups excluding carboxylic acids is 2. The van der Waals surface area contributed by atoms with Gasteiger partial charge in [0.25, 0.3) is 0 Å². The van der Waals surface area contributed by atoms with Crippen LogP contribution in [0.5, 0.6) is 5.75 Å². The number of hydrogen-bond donors (Lipinski definition) is 1. The quantitative estimate of drug-likeness (QED) is 0.536. The van der Waals surface area contributed by atoms with Crippen LogP contribution in [-0.4, -0.2) is 55.4 Å². The van der Waals surface area contributed by atoms with Crippen LogP contribution in [0.3, 0.4) is 0 Å². The van der Waals surface area contributed by atoms with E-state index in [2.05, 4.69) is 5.32 Å². The van der Waals surface area contributed by atoms with E-state index in [1.807, 2.05) is 56.3 Å². The molecule has 2 amide bonds. The van der Waals surface area contributed by atoms with E-state index in [4.69, 9.17) is 9.47 Å². The molecule has 2 aromatic carbocycles. The Morgan fingerprint density at radius 2 is 1.97 bits per heavy atom. The summed E-state index contributed by atoms with van der Waals surface area (Å²) in [6.07, 6.45) is 2.28. The van der Waals surface area contributed by atoms with Crippen LogP contribution < -0.4 is 10.1 Å². The number of hydrogen-bond acceptors (Lipinski definition) is 5. The van der Waals surface area contributed by atoms with Gasteiger partial charge in [-0.15, -0.1) is 11.8 Å². The predicted octanol–water partition coefficient (Wildman–Crippen LogP) is 4.44. The van der Waals surface area contributed by atoms with Gasteiger partial charge >= 0.3 is 0 Å². The molecule has 1 fully saturated rings. The number of methoxy groups -OCH3 is 1. The van der Waals surface area contributed by atoms with Gasteiger partial charge in [0.15, 0.2) is 0 Å². The fourth-order valence-electron chi connectivity index (χ4n) is 3.62. The molecule has 1 aliphatic rings. The van der Waals surface area contributed by atoms with E-state index in [1.165, 1.54) is 0 Å². The molecular weight excluding hydrogens is 424 g/mol. The monoisotopic (exact) mass is 456 g/mol. The van der Waals surface area contributed by atoms with Crippen LogP contribution in [0.25, 0.3) is 0 Å². The molecule has 1 saturated heterocycles. The molecule has 6 nitrogen and oxygen atoms in total. The highest BCUT2D eigenvalue weighted by Gasteiger charge is 2.24. The number of ether oxygens (including phenoxy) is 2. The molecule has 1 heterocycles. The first kappa shape index (κ1) is 24.1. The molecule has 0 spiro atoms. The van der Waals surface area contributed by atoms with Gasteiger partial charge < -0.3 is 19.7 Å². The van der Waals surface area contributed by atoms with E-state index in [-0.39, 0.29) is 24.5 Å². The first-order valence-electron chi connectivity index (χ1n) is 11.0. The molecule has 0 saturated carbocycles. The van der Waals surface area contributed by atoms with Crippen molar-refractivity contribution in [3.8, 4) is 5.75 Å². The topological polar surface area (TPSA) is 67.9 Å². The third-order valence-corrected chi connectivity index (χ3v) is 6.67. The summed E-state index contributed by atoms with van der Waals surface area (Å²) in [6, 6.07) is 13.6. The molecule has 0 bridgehead atoms. The lowest BCUT2D eigenvalue weighted by atomic mass is 10.1. The molecule has 32 heavy (non-hydrogen) atoms. The molecule has 7 heteroatoms. The Balaban J connectivity index is 1.57. The van der Waals surface area contributed by atoms with Crippen molar-refractivity contribution in [3.63, 3.8) is 0 Å². The number of amides is 2. The summed E-state index contributed by atoms with van der Waals surface area (Å²) in [4.78, 5) is 28.5. The maximum Gasteiger partial charge on any atom is 0.244 e. The fraction of sp³-hybridized carbons (Fsp3) is 0.440. The predicted molar refractivity (Wildman–Crippen MR) is 128 cm³/mol. The van der Waals surface area contributed by atoms with Crippen molar-refractivity contribution in [2.75, 3.05) is 37.9 Å². The average Bonchev–Trinajstić information content (AvgIpc) is 3.30. The number of aryl methyl sites for hydroxylation is 1. The second-order valence-electron chi connectivity index (χ2n) is 7.98. The Hall–Kier alpha value is -2.51. The summed E-state index contributed by atoms with van der Waals surface area (Å²) in [5.74, 6) is 1.24. The smallest absolute Gasteiger partial charge is 0.244 e. The Kier molecular flexibility index (Phi) is 9.00. The zero-order chi connectivity index (χ0) is 22.9. The lowest BCUT2D eigenvalue weighted by Crippen LogP contribution is -2.42. The van der Waals surface area contributed by atoms with Gasteiger partial charge in [0.1, 0.15) is 5.75 Å². The van der Waals surface area contributed by atoms with E-state index in [0.29, 0.717) is 25.3 Å². The molecule has 0 aromatic heterocycles. The van der Waals surface area contributed by atoms with Gasteiger partial charge in [0, 0.05) is 35.9 Å². The van der Waals surface area contributed by atoms with Crippen molar-refractivity contribution in [2.45, 2.75) is 44.1 Å². The second-order valence-corrected chi connectivity index (χ2v) is 9.15. The van der Waals surface area contributed by atoms with Gasteiger partial charge in [0.2, 0.25) is 11.8 Å². The first-order valence-corrected chi connectivity index (χ1v) is 12.0. The van der Waals surface area contributed by atoms with Gasteiger partial charge in [0.05, 0.1) is 19.8 Å². The highest BCUT2D eigenvalue weighted by Crippen LogP contribution is 2.23. The number of nitrogens with one attached hydrogen (secondary N) is 1. The highest BCUT2D eigenvalue weighted by molar-refractivity contribution is 7.99. The van der Waals surface area contributed by atoms with Gasteiger partial charge in [-0.25, -0.2) is 0 Å². The normalized spacial score (nSPS) is 15.4. The molecule has 172 valence electrons. The van der Waals surface area contributed by atoms with Crippen molar-refractivity contribution in [1.82, 2.24) is 4.90 Å². The molecule has 1 N–H and O–H groups in total. The molecule has 3 rings (SSSR count). The molecule has 1 atom stereocenters. The summed E-state index contributed by atoms with van der Waals surface area (Å²) in [5.41, 5.74) is 2.94. The van der Waals surface area contributed by atoms with Crippen LogP contribution in [0.4, 0.5) is 5.69 Å². The number of thioether (sulfide) groups is 1. The minimum absolute atomic E-state index is 0.00157. The molecular formula is C25H32N2O4S. The summed E-state index contributed by atoms with van der Waals surface area (Å²) < 4.78 is 10.9. The van der Waals surface area contributed by atoms with Crippen LogP contribution in [0.1, 0.15) is 30.4 Å². The minimum Gasteiger partial charge on any atom is -0.497 e. The number of rotatable bonds is 10. The van der Waals surface area contributed by atoms with Crippen molar-refractivity contribution in [1.29, 1.82) is 0 Å².